The molecule has 306 valence electrons. The molecule has 0 atom stereocenters. The Hall–Kier alpha value is -8.00. The van der Waals surface area contributed by atoms with Crippen molar-refractivity contribution in [1.29, 1.82) is 0 Å². The number of fused-ring (bicyclic) bond motifs is 13. The van der Waals surface area contributed by atoms with Crippen LogP contribution in [0.4, 0.5) is 17.1 Å². The first-order valence-electron chi connectivity index (χ1n) is 22.8. The largest absolute Gasteiger partial charge is 0.310 e. The summed E-state index contributed by atoms with van der Waals surface area (Å²) in [7, 11) is 0. The van der Waals surface area contributed by atoms with Crippen LogP contribution in [0.3, 0.4) is 0 Å². The van der Waals surface area contributed by atoms with Gasteiger partial charge in [-0.3, -0.25) is 0 Å². The van der Waals surface area contributed by atoms with Gasteiger partial charge >= 0.3 is 0 Å². The molecule has 0 aliphatic heterocycles. The molecule has 0 saturated carbocycles. The van der Waals surface area contributed by atoms with Gasteiger partial charge in [0.25, 0.3) is 0 Å². The van der Waals surface area contributed by atoms with Crippen LogP contribution in [0.15, 0.2) is 237 Å². The minimum absolute atomic E-state index is 0.139. The molecule has 3 aliphatic rings. The van der Waals surface area contributed by atoms with Gasteiger partial charge in [-0.25, -0.2) is 0 Å². The standard InChI is InChI=1S/C64H45N/c1-63(2)56-27-13-9-22-51(56)54-37-36-48(41-61(54)63)65(49-39-45(42-18-5-3-6-19-42)38-46(40-49)43-20-7-4-8-21-43)47-34-32-44(33-35-47)50-26-17-31-60-62(50)55-25-12-16-30-59(55)64(60)57-28-14-10-23-52(57)53-24-11-15-29-58(53)64/h3-41H,1-2H3. The topological polar surface area (TPSA) is 3.24 Å². The molecule has 13 rings (SSSR count). The van der Waals surface area contributed by atoms with E-state index in [2.05, 4.69) is 255 Å². The van der Waals surface area contributed by atoms with E-state index in [-0.39, 0.29) is 10.8 Å². The molecule has 3 aliphatic carbocycles. The molecule has 0 bridgehead atoms. The van der Waals surface area contributed by atoms with Crippen molar-refractivity contribution in [2.24, 2.45) is 0 Å². The number of anilines is 3. The Kier molecular flexibility index (Phi) is 8.24. The highest BCUT2D eigenvalue weighted by molar-refractivity contribution is 6.00. The van der Waals surface area contributed by atoms with Crippen molar-refractivity contribution in [2.45, 2.75) is 24.7 Å². The first-order chi connectivity index (χ1) is 32.0. The summed E-state index contributed by atoms with van der Waals surface area (Å²) in [5.74, 6) is 0. The molecule has 0 saturated heterocycles. The molecule has 0 unspecified atom stereocenters. The van der Waals surface area contributed by atoms with Crippen LogP contribution in [0.5, 0.6) is 0 Å². The fourth-order valence-electron chi connectivity index (χ4n) is 11.8. The van der Waals surface area contributed by atoms with E-state index in [0.717, 1.165) is 17.1 Å². The molecule has 0 radical (unpaired) electrons. The fourth-order valence-corrected chi connectivity index (χ4v) is 11.8. The summed E-state index contributed by atoms with van der Waals surface area (Å²) in [5.41, 5.74) is 26.1. The van der Waals surface area contributed by atoms with Gasteiger partial charge in [-0.15, -0.1) is 0 Å². The second kappa shape index (κ2) is 14.3. The quantitative estimate of drug-likeness (QED) is 0.161. The van der Waals surface area contributed by atoms with Crippen molar-refractivity contribution < 1.29 is 0 Å². The predicted octanol–water partition coefficient (Wildman–Crippen LogP) is 16.8. The van der Waals surface area contributed by atoms with Crippen molar-refractivity contribution >= 4 is 17.1 Å². The molecule has 10 aromatic rings. The predicted molar refractivity (Wildman–Crippen MR) is 271 cm³/mol. The third-order valence-electron chi connectivity index (χ3n) is 14.7. The van der Waals surface area contributed by atoms with E-state index in [4.69, 9.17) is 0 Å². The van der Waals surface area contributed by atoms with Gasteiger partial charge in [-0.05, 0) is 143 Å². The lowest BCUT2D eigenvalue weighted by Gasteiger charge is -2.30. The van der Waals surface area contributed by atoms with Gasteiger partial charge < -0.3 is 4.90 Å². The van der Waals surface area contributed by atoms with Crippen LogP contribution in [0.25, 0.3) is 66.8 Å². The summed E-state index contributed by atoms with van der Waals surface area (Å²) in [6.07, 6.45) is 0. The smallest absolute Gasteiger partial charge is 0.0725 e. The molecular weight excluding hydrogens is 783 g/mol. The third-order valence-corrected chi connectivity index (χ3v) is 14.7. The number of nitrogens with zero attached hydrogens (tertiary/aromatic N) is 1. The maximum atomic E-state index is 2.47. The lowest BCUT2D eigenvalue weighted by molar-refractivity contribution is 0.660. The summed E-state index contributed by atoms with van der Waals surface area (Å²) < 4.78 is 0. The summed E-state index contributed by atoms with van der Waals surface area (Å²) in [6.45, 7) is 4.74. The van der Waals surface area contributed by atoms with E-state index in [1.807, 2.05) is 0 Å². The summed E-state index contributed by atoms with van der Waals surface area (Å²) in [6, 6.07) is 88.2. The van der Waals surface area contributed by atoms with Gasteiger partial charge in [-0.2, -0.15) is 0 Å². The van der Waals surface area contributed by atoms with Crippen molar-refractivity contribution in [3.63, 3.8) is 0 Å². The zero-order valence-corrected chi connectivity index (χ0v) is 36.5. The monoisotopic (exact) mass is 827 g/mol. The maximum absolute atomic E-state index is 2.47. The molecule has 10 aromatic carbocycles. The number of benzene rings is 10. The zero-order valence-electron chi connectivity index (χ0n) is 36.5. The Morgan fingerprint density at radius 2 is 0.708 bits per heavy atom. The second-order valence-corrected chi connectivity index (χ2v) is 18.4. The summed E-state index contributed by atoms with van der Waals surface area (Å²) in [4.78, 5) is 2.47. The van der Waals surface area contributed by atoms with Gasteiger partial charge in [-0.1, -0.05) is 208 Å². The van der Waals surface area contributed by atoms with Crippen LogP contribution < -0.4 is 4.90 Å². The minimum Gasteiger partial charge on any atom is -0.310 e. The molecule has 0 aromatic heterocycles. The lowest BCUT2D eigenvalue weighted by atomic mass is 9.70. The second-order valence-electron chi connectivity index (χ2n) is 18.4. The van der Waals surface area contributed by atoms with Gasteiger partial charge in [0.15, 0.2) is 0 Å². The van der Waals surface area contributed by atoms with Gasteiger partial charge in [0.2, 0.25) is 0 Å². The van der Waals surface area contributed by atoms with Gasteiger partial charge in [0, 0.05) is 22.5 Å². The Balaban J connectivity index is 0.999. The van der Waals surface area contributed by atoms with Crippen molar-refractivity contribution in [3.8, 4) is 66.8 Å². The van der Waals surface area contributed by atoms with Gasteiger partial charge in [0.1, 0.15) is 0 Å². The van der Waals surface area contributed by atoms with Crippen molar-refractivity contribution in [1.82, 2.24) is 0 Å². The Morgan fingerprint density at radius 3 is 1.31 bits per heavy atom. The molecule has 0 fully saturated rings. The number of rotatable bonds is 6. The molecule has 65 heavy (non-hydrogen) atoms. The summed E-state index contributed by atoms with van der Waals surface area (Å²) in [5, 5.41) is 0. The maximum Gasteiger partial charge on any atom is 0.0725 e. The Morgan fingerprint density at radius 1 is 0.262 bits per heavy atom. The first-order valence-corrected chi connectivity index (χ1v) is 22.8. The number of hydrogen-bond acceptors (Lipinski definition) is 1. The van der Waals surface area contributed by atoms with E-state index in [0.29, 0.717) is 0 Å². The average molecular weight is 828 g/mol. The van der Waals surface area contributed by atoms with Gasteiger partial charge in [0.05, 0.1) is 5.41 Å². The molecule has 1 nitrogen and oxygen atoms in total. The fraction of sp³-hybridized carbons (Fsp3) is 0.0625. The summed E-state index contributed by atoms with van der Waals surface area (Å²) >= 11 is 0. The van der Waals surface area contributed by atoms with Crippen LogP contribution in [0, 0.1) is 0 Å². The number of hydrogen-bond donors (Lipinski definition) is 0. The molecule has 0 amide bonds. The average Bonchev–Trinajstić information content (AvgIpc) is 3.93. The Bertz CT molecular complexity index is 3400. The van der Waals surface area contributed by atoms with Crippen molar-refractivity contribution in [3.05, 3.63) is 270 Å². The van der Waals surface area contributed by atoms with Crippen LogP contribution in [-0.2, 0) is 10.8 Å². The van der Waals surface area contributed by atoms with Crippen LogP contribution in [0.1, 0.15) is 47.2 Å². The zero-order chi connectivity index (χ0) is 43.3. The highest BCUT2D eigenvalue weighted by atomic mass is 15.1. The SMILES string of the molecule is CC1(C)c2ccccc2-c2ccc(N(c3ccc(-c4cccc5c4-c4ccccc4C54c5ccccc5-c5ccccc54)cc3)c3cc(-c4ccccc4)cc(-c4ccccc4)c3)cc21. The van der Waals surface area contributed by atoms with E-state index < -0.39 is 0 Å². The van der Waals surface area contributed by atoms with E-state index in [9.17, 15) is 0 Å². The highest BCUT2D eigenvalue weighted by Gasteiger charge is 2.52. The van der Waals surface area contributed by atoms with E-state index in [1.165, 1.54) is 100 Å². The third kappa shape index (κ3) is 5.46. The van der Waals surface area contributed by atoms with Crippen molar-refractivity contribution in [2.75, 3.05) is 4.90 Å². The Labute approximate surface area is 381 Å². The molecule has 0 heterocycles. The molecule has 1 spiro atoms. The first kappa shape index (κ1) is 37.5. The lowest BCUT2D eigenvalue weighted by Crippen LogP contribution is -2.25. The van der Waals surface area contributed by atoms with Crippen LogP contribution in [-0.4, -0.2) is 0 Å². The van der Waals surface area contributed by atoms with Crippen LogP contribution in [0.2, 0.25) is 0 Å². The molecule has 1 heteroatoms. The normalized spacial score (nSPS) is 13.9. The highest BCUT2D eigenvalue weighted by Crippen LogP contribution is 2.64. The molecule has 0 N–H and O–H groups in total. The van der Waals surface area contributed by atoms with Crippen LogP contribution >= 0.6 is 0 Å². The minimum atomic E-state index is -0.382. The molecular formula is C64H45N. The van der Waals surface area contributed by atoms with E-state index >= 15 is 0 Å². The van der Waals surface area contributed by atoms with E-state index in [1.54, 1.807) is 0 Å².